The van der Waals surface area contributed by atoms with Crippen molar-refractivity contribution in [2.75, 3.05) is 7.11 Å². The number of nitrogens with zero attached hydrogens (tertiary/aromatic N) is 2. The minimum absolute atomic E-state index is 0.0494. The van der Waals surface area contributed by atoms with E-state index >= 15 is 0 Å². The summed E-state index contributed by atoms with van der Waals surface area (Å²) in [7, 11) is 1.13. The number of ether oxygens (including phenoxy) is 1. The van der Waals surface area contributed by atoms with Gasteiger partial charge in [-0.1, -0.05) is 0 Å². The van der Waals surface area contributed by atoms with E-state index in [-0.39, 0.29) is 16.3 Å². The van der Waals surface area contributed by atoms with Crippen molar-refractivity contribution in [1.29, 1.82) is 0 Å². The second-order valence-electron chi connectivity index (χ2n) is 1.88. The van der Waals surface area contributed by atoms with Crippen molar-refractivity contribution in [2.45, 2.75) is 6.61 Å². The van der Waals surface area contributed by atoms with Crippen LogP contribution in [0, 0.1) is 5.21 Å². The van der Waals surface area contributed by atoms with Crippen LogP contribution < -0.4 is 4.90 Å². The van der Waals surface area contributed by atoms with E-state index in [0.29, 0.717) is 0 Å². The molecule has 1 N–H and O–H groups in total. The van der Waals surface area contributed by atoms with Gasteiger partial charge in [-0.25, -0.2) is 4.79 Å². The van der Waals surface area contributed by atoms with E-state index in [1.807, 2.05) is 0 Å². The molecule has 0 saturated heterocycles. The molecular weight excluding hydrogens is 168 g/mol. The van der Waals surface area contributed by atoms with Crippen molar-refractivity contribution in [1.82, 2.24) is 5.16 Å². The molecule has 7 nitrogen and oxygen atoms in total. The van der Waals surface area contributed by atoms with Gasteiger partial charge in [0, 0.05) is 0 Å². The van der Waals surface area contributed by atoms with Gasteiger partial charge in [0.2, 0.25) is 5.69 Å². The molecule has 1 aromatic rings. The first-order valence-electron chi connectivity index (χ1n) is 2.98. The maximum Gasteiger partial charge on any atom is 0.389 e. The Bertz CT molecular complexity index is 294. The molecular formula is C5H6N2O5. The highest BCUT2D eigenvalue weighted by Gasteiger charge is 2.25. The number of aliphatic hydroxyl groups is 1. The van der Waals surface area contributed by atoms with Gasteiger partial charge >= 0.3 is 11.7 Å². The number of hydrogen-bond donors (Lipinski definition) is 1. The molecule has 0 spiro atoms. The fourth-order valence-corrected chi connectivity index (χ4v) is 0.651. The predicted octanol–water partition coefficient (Wildman–Crippen LogP) is -1.41. The van der Waals surface area contributed by atoms with Gasteiger partial charge < -0.3 is 15.1 Å². The Labute approximate surface area is 66.7 Å². The third-order valence-corrected chi connectivity index (χ3v) is 1.23. The first-order chi connectivity index (χ1) is 5.70. The monoisotopic (exact) mass is 174 g/mol. The van der Waals surface area contributed by atoms with Gasteiger partial charge in [-0.3, -0.25) is 4.63 Å². The zero-order valence-electron chi connectivity index (χ0n) is 6.18. The summed E-state index contributed by atoms with van der Waals surface area (Å²) in [6.45, 7) is -0.628. The van der Waals surface area contributed by atoms with Crippen molar-refractivity contribution in [2.24, 2.45) is 0 Å². The van der Waals surface area contributed by atoms with Crippen LogP contribution in [-0.2, 0) is 11.3 Å². The SMILES string of the molecule is COC(=O)c1no[n+]([O-])c1CO. The lowest BCUT2D eigenvalue weighted by Gasteiger charge is -1.91. The van der Waals surface area contributed by atoms with Crippen molar-refractivity contribution in [3.63, 3.8) is 0 Å². The number of aliphatic hydroxyl groups excluding tert-OH is 1. The number of hydrogen-bond acceptors (Lipinski definition) is 6. The van der Waals surface area contributed by atoms with Crippen molar-refractivity contribution >= 4 is 5.97 Å². The Morgan fingerprint density at radius 3 is 3.08 bits per heavy atom. The molecule has 7 heteroatoms. The van der Waals surface area contributed by atoms with Gasteiger partial charge in [-0.05, 0) is 4.90 Å². The first kappa shape index (κ1) is 8.47. The molecule has 0 unspecified atom stereocenters. The van der Waals surface area contributed by atoms with Gasteiger partial charge in [0.1, 0.15) is 6.61 Å². The van der Waals surface area contributed by atoms with Crippen LogP contribution in [-0.4, -0.2) is 23.3 Å². The fraction of sp³-hybridized carbons (Fsp3) is 0.400. The lowest BCUT2D eigenvalue weighted by atomic mass is 10.3. The van der Waals surface area contributed by atoms with E-state index in [9.17, 15) is 10.0 Å². The minimum atomic E-state index is -0.822. The highest BCUT2D eigenvalue weighted by Crippen LogP contribution is 2.01. The van der Waals surface area contributed by atoms with Crippen LogP contribution in [0.2, 0.25) is 0 Å². The van der Waals surface area contributed by atoms with Crippen LogP contribution in [0.25, 0.3) is 0 Å². The second-order valence-corrected chi connectivity index (χ2v) is 1.88. The first-order valence-corrected chi connectivity index (χ1v) is 2.98. The van der Waals surface area contributed by atoms with Crippen LogP contribution in [0.3, 0.4) is 0 Å². The zero-order chi connectivity index (χ0) is 9.14. The summed E-state index contributed by atoms with van der Waals surface area (Å²) in [6.07, 6.45) is 0. The van der Waals surface area contributed by atoms with Gasteiger partial charge in [-0.2, -0.15) is 0 Å². The molecule has 0 radical (unpaired) electrons. The van der Waals surface area contributed by atoms with Gasteiger partial charge in [0.15, 0.2) is 0 Å². The van der Waals surface area contributed by atoms with Crippen molar-refractivity contribution in [3.8, 4) is 0 Å². The van der Waals surface area contributed by atoms with Gasteiger partial charge in [0.25, 0.3) is 0 Å². The molecule has 0 aromatic carbocycles. The molecule has 0 amide bonds. The Morgan fingerprint density at radius 2 is 2.58 bits per heavy atom. The largest absolute Gasteiger partial charge is 0.462 e. The van der Waals surface area contributed by atoms with Crippen LogP contribution in [0.1, 0.15) is 16.2 Å². The topological polar surface area (TPSA) is 99.5 Å². The summed E-state index contributed by atoms with van der Waals surface area (Å²) >= 11 is 0. The van der Waals surface area contributed by atoms with Crippen molar-refractivity contribution in [3.05, 3.63) is 16.6 Å². The Balaban J connectivity index is 3.07. The molecule has 0 bridgehead atoms. The average Bonchev–Trinajstić information content (AvgIpc) is 2.45. The maximum absolute atomic E-state index is 10.8. The molecule has 1 aromatic heterocycles. The van der Waals surface area contributed by atoms with Gasteiger partial charge in [0.05, 0.1) is 12.3 Å². The Kier molecular flexibility index (Phi) is 2.24. The van der Waals surface area contributed by atoms with Crippen LogP contribution >= 0.6 is 0 Å². The van der Waals surface area contributed by atoms with E-state index in [0.717, 1.165) is 7.11 Å². The summed E-state index contributed by atoms with van der Waals surface area (Å²) in [5, 5.41) is 22.3. The highest BCUT2D eigenvalue weighted by molar-refractivity contribution is 5.87. The van der Waals surface area contributed by atoms with Gasteiger partial charge in [-0.15, -0.1) is 0 Å². The maximum atomic E-state index is 10.8. The number of aromatic nitrogens is 2. The number of carbonyl (C=O) groups excluding carboxylic acids is 1. The molecule has 12 heavy (non-hydrogen) atoms. The molecule has 66 valence electrons. The number of rotatable bonds is 2. The van der Waals surface area contributed by atoms with Crippen molar-refractivity contribution < 1.29 is 24.2 Å². The smallest absolute Gasteiger partial charge is 0.389 e. The molecule has 1 rings (SSSR count). The lowest BCUT2D eigenvalue weighted by molar-refractivity contribution is -0.809. The van der Waals surface area contributed by atoms with E-state index < -0.39 is 12.6 Å². The molecule has 1 heterocycles. The van der Waals surface area contributed by atoms with E-state index in [1.54, 1.807) is 0 Å². The Hall–Kier alpha value is -1.63. The van der Waals surface area contributed by atoms with Crippen LogP contribution in [0.4, 0.5) is 0 Å². The molecule has 0 fully saturated rings. The summed E-state index contributed by atoms with van der Waals surface area (Å²) in [5.41, 5.74) is -0.572. The molecule has 0 aliphatic carbocycles. The number of methoxy groups -OCH3 is 1. The Morgan fingerprint density at radius 1 is 1.92 bits per heavy atom. The second kappa shape index (κ2) is 3.18. The zero-order valence-corrected chi connectivity index (χ0v) is 6.18. The molecule has 0 aliphatic heterocycles. The molecule has 0 aliphatic rings. The third-order valence-electron chi connectivity index (χ3n) is 1.23. The van der Waals surface area contributed by atoms with Crippen LogP contribution in [0.15, 0.2) is 4.63 Å². The molecule has 0 saturated carbocycles. The summed E-state index contributed by atoms with van der Waals surface area (Å²) in [4.78, 5) is 10.7. The third kappa shape index (κ3) is 1.21. The van der Waals surface area contributed by atoms with E-state index in [2.05, 4.69) is 14.5 Å². The lowest BCUT2D eigenvalue weighted by Crippen LogP contribution is -2.29. The average molecular weight is 174 g/mol. The predicted molar refractivity (Wildman–Crippen MR) is 32.7 cm³/mol. The molecule has 0 atom stereocenters. The fourth-order valence-electron chi connectivity index (χ4n) is 0.651. The van der Waals surface area contributed by atoms with E-state index in [1.165, 1.54) is 0 Å². The summed E-state index contributed by atoms with van der Waals surface area (Å²) in [6, 6.07) is 0. The normalized spacial score (nSPS) is 9.83. The van der Waals surface area contributed by atoms with E-state index in [4.69, 9.17) is 5.11 Å². The number of esters is 1. The summed E-state index contributed by atoms with van der Waals surface area (Å²) in [5.74, 6) is -0.822. The summed E-state index contributed by atoms with van der Waals surface area (Å²) < 4.78 is 8.33. The minimum Gasteiger partial charge on any atom is -0.462 e. The van der Waals surface area contributed by atoms with Crippen LogP contribution in [0.5, 0.6) is 0 Å². The quantitative estimate of drug-likeness (QED) is 0.436. The number of carbonyl (C=O) groups is 1. The highest BCUT2D eigenvalue weighted by atomic mass is 16.8. The standard InChI is InChI=1S/C5H6N2O5/c1-11-5(9)4-3(2-8)7(10)12-6-4/h8H,2H2,1H3.